The smallest absolute Gasteiger partial charge is 0.244 e. The number of phenolic OH excluding ortho intramolecular Hbond substituents is 1. The molecule has 1 aromatic rings. The van der Waals surface area contributed by atoms with E-state index in [0.29, 0.717) is 0 Å². The number of aromatic hydroxyl groups is 1. The first-order valence-corrected chi connectivity index (χ1v) is 6.57. The Morgan fingerprint density at radius 1 is 1.32 bits per heavy atom. The Balaban J connectivity index is 1.88. The summed E-state index contributed by atoms with van der Waals surface area (Å²) in [5.41, 5.74) is 0.859. The molecule has 0 spiro atoms. The lowest BCUT2D eigenvalue weighted by molar-refractivity contribution is -0.117. The number of aliphatic hydroxyl groups excluding tert-OH is 1. The van der Waals surface area contributed by atoms with Crippen molar-refractivity contribution in [3.05, 3.63) is 35.9 Å². The molecule has 0 heterocycles. The van der Waals surface area contributed by atoms with Gasteiger partial charge in [0.15, 0.2) is 0 Å². The molecule has 3 N–H and O–H groups in total. The number of hydrogen-bond acceptors (Lipinski definition) is 3. The first-order valence-electron chi connectivity index (χ1n) is 6.57. The minimum atomic E-state index is -0.140. The van der Waals surface area contributed by atoms with Gasteiger partial charge in [-0.15, -0.1) is 0 Å². The zero-order valence-corrected chi connectivity index (χ0v) is 10.7. The van der Waals surface area contributed by atoms with E-state index >= 15 is 0 Å². The van der Waals surface area contributed by atoms with Crippen molar-refractivity contribution in [1.29, 1.82) is 0 Å². The summed E-state index contributed by atoms with van der Waals surface area (Å²) >= 11 is 0. The van der Waals surface area contributed by atoms with Gasteiger partial charge >= 0.3 is 0 Å². The van der Waals surface area contributed by atoms with Crippen LogP contribution in [0, 0.1) is 5.92 Å². The standard InChI is InChI=1S/C15H19NO3/c17-10-12-2-1-3-14(12)16-15(19)9-6-11-4-7-13(18)8-5-11/h4-9,12,14,17-18H,1-3,10H2,(H,16,19)/b9-6+. The van der Waals surface area contributed by atoms with E-state index in [2.05, 4.69) is 5.32 Å². The molecule has 102 valence electrons. The van der Waals surface area contributed by atoms with Gasteiger partial charge in [0.05, 0.1) is 0 Å². The van der Waals surface area contributed by atoms with Crippen LogP contribution < -0.4 is 5.32 Å². The molecule has 1 aliphatic rings. The van der Waals surface area contributed by atoms with Crippen LogP contribution >= 0.6 is 0 Å². The number of carbonyl (C=O) groups is 1. The van der Waals surface area contributed by atoms with Gasteiger partial charge in [0.2, 0.25) is 5.91 Å². The first kappa shape index (κ1) is 13.6. The van der Waals surface area contributed by atoms with Crippen molar-refractivity contribution in [3.63, 3.8) is 0 Å². The van der Waals surface area contributed by atoms with E-state index in [0.717, 1.165) is 24.8 Å². The summed E-state index contributed by atoms with van der Waals surface area (Å²) in [5.74, 6) is 0.253. The molecule has 1 aromatic carbocycles. The molecule has 1 amide bonds. The van der Waals surface area contributed by atoms with Crippen LogP contribution in [0.4, 0.5) is 0 Å². The van der Waals surface area contributed by atoms with E-state index in [-0.39, 0.29) is 30.2 Å². The maximum absolute atomic E-state index is 11.8. The lowest BCUT2D eigenvalue weighted by atomic mass is 10.1. The predicted octanol–water partition coefficient (Wildman–Crippen LogP) is 1.68. The zero-order chi connectivity index (χ0) is 13.7. The van der Waals surface area contributed by atoms with Crippen LogP contribution in [0.3, 0.4) is 0 Å². The topological polar surface area (TPSA) is 69.6 Å². The molecule has 0 radical (unpaired) electrons. The summed E-state index contributed by atoms with van der Waals surface area (Å²) in [7, 11) is 0. The van der Waals surface area contributed by atoms with Crippen LogP contribution in [-0.4, -0.2) is 28.8 Å². The highest BCUT2D eigenvalue weighted by Crippen LogP contribution is 2.24. The van der Waals surface area contributed by atoms with Gasteiger partial charge < -0.3 is 15.5 Å². The summed E-state index contributed by atoms with van der Waals surface area (Å²) in [6, 6.07) is 6.73. The number of amides is 1. The fraction of sp³-hybridized carbons (Fsp3) is 0.400. The summed E-state index contributed by atoms with van der Waals surface area (Å²) < 4.78 is 0. The normalized spacial score (nSPS) is 22.8. The fourth-order valence-corrected chi connectivity index (χ4v) is 2.43. The van der Waals surface area contributed by atoms with E-state index in [4.69, 9.17) is 5.11 Å². The van der Waals surface area contributed by atoms with E-state index in [1.165, 1.54) is 6.08 Å². The maximum Gasteiger partial charge on any atom is 0.244 e. The van der Waals surface area contributed by atoms with Crippen LogP contribution in [0.1, 0.15) is 24.8 Å². The fourth-order valence-electron chi connectivity index (χ4n) is 2.43. The largest absolute Gasteiger partial charge is 0.508 e. The molecule has 2 unspecified atom stereocenters. The SMILES string of the molecule is O=C(/C=C/c1ccc(O)cc1)NC1CCCC1CO. The van der Waals surface area contributed by atoms with E-state index in [1.54, 1.807) is 30.3 Å². The lowest BCUT2D eigenvalue weighted by Crippen LogP contribution is -2.37. The quantitative estimate of drug-likeness (QED) is 0.722. The van der Waals surface area contributed by atoms with Gasteiger partial charge in [-0.2, -0.15) is 0 Å². The number of carbonyl (C=O) groups excluding carboxylic acids is 1. The Kier molecular flexibility index (Phi) is 4.58. The number of aliphatic hydroxyl groups is 1. The van der Waals surface area contributed by atoms with Gasteiger partial charge in [-0.1, -0.05) is 18.6 Å². The van der Waals surface area contributed by atoms with Crippen LogP contribution in [0.2, 0.25) is 0 Å². The van der Waals surface area contributed by atoms with Crippen molar-refractivity contribution in [3.8, 4) is 5.75 Å². The Morgan fingerprint density at radius 3 is 2.74 bits per heavy atom. The molecule has 1 aliphatic carbocycles. The zero-order valence-electron chi connectivity index (χ0n) is 10.7. The number of rotatable bonds is 4. The maximum atomic E-state index is 11.8. The third-order valence-corrected chi connectivity index (χ3v) is 3.54. The Bertz CT molecular complexity index is 453. The van der Waals surface area contributed by atoms with Crippen molar-refractivity contribution in [2.45, 2.75) is 25.3 Å². The van der Waals surface area contributed by atoms with Crippen molar-refractivity contribution in [1.82, 2.24) is 5.32 Å². The summed E-state index contributed by atoms with van der Waals surface area (Å²) in [5, 5.41) is 21.3. The van der Waals surface area contributed by atoms with Gasteiger partial charge in [-0.3, -0.25) is 4.79 Å². The number of benzene rings is 1. The summed E-state index contributed by atoms with van der Waals surface area (Å²) in [6.07, 6.45) is 6.15. The Morgan fingerprint density at radius 2 is 2.05 bits per heavy atom. The number of nitrogens with one attached hydrogen (secondary N) is 1. The second kappa shape index (κ2) is 6.38. The molecule has 0 saturated heterocycles. The minimum Gasteiger partial charge on any atom is -0.508 e. The molecule has 0 aromatic heterocycles. The molecular weight excluding hydrogens is 242 g/mol. The van der Waals surface area contributed by atoms with Crippen LogP contribution in [0.5, 0.6) is 5.75 Å². The van der Waals surface area contributed by atoms with Crippen LogP contribution in [0.15, 0.2) is 30.3 Å². The Hall–Kier alpha value is -1.81. The molecule has 2 rings (SSSR count). The van der Waals surface area contributed by atoms with Gasteiger partial charge in [-0.05, 0) is 36.6 Å². The Labute approximate surface area is 112 Å². The molecule has 4 heteroatoms. The minimum absolute atomic E-state index is 0.0852. The molecule has 1 saturated carbocycles. The molecule has 4 nitrogen and oxygen atoms in total. The van der Waals surface area contributed by atoms with Gasteiger partial charge in [0, 0.05) is 24.6 Å². The third kappa shape index (κ3) is 3.83. The number of phenols is 1. The highest BCUT2D eigenvalue weighted by molar-refractivity contribution is 5.91. The number of hydrogen-bond donors (Lipinski definition) is 3. The first-order chi connectivity index (χ1) is 9.19. The summed E-state index contributed by atoms with van der Waals surface area (Å²) in [4.78, 5) is 11.8. The molecular formula is C15H19NO3. The average Bonchev–Trinajstić information content (AvgIpc) is 2.85. The predicted molar refractivity (Wildman–Crippen MR) is 73.5 cm³/mol. The molecule has 0 aliphatic heterocycles. The molecule has 19 heavy (non-hydrogen) atoms. The van der Waals surface area contributed by atoms with Crippen LogP contribution in [-0.2, 0) is 4.79 Å². The summed E-state index contributed by atoms with van der Waals surface area (Å²) in [6.45, 7) is 0.132. The third-order valence-electron chi connectivity index (χ3n) is 3.54. The van der Waals surface area contributed by atoms with E-state index < -0.39 is 0 Å². The highest BCUT2D eigenvalue weighted by Gasteiger charge is 2.27. The monoisotopic (exact) mass is 261 g/mol. The van der Waals surface area contributed by atoms with Crippen molar-refractivity contribution >= 4 is 12.0 Å². The van der Waals surface area contributed by atoms with Crippen molar-refractivity contribution in [2.24, 2.45) is 5.92 Å². The van der Waals surface area contributed by atoms with Crippen molar-refractivity contribution in [2.75, 3.05) is 6.61 Å². The van der Waals surface area contributed by atoms with E-state index in [9.17, 15) is 9.90 Å². The van der Waals surface area contributed by atoms with Crippen LogP contribution in [0.25, 0.3) is 6.08 Å². The molecule has 0 bridgehead atoms. The highest BCUT2D eigenvalue weighted by atomic mass is 16.3. The second-order valence-electron chi connectivity index (χ2n) is 4.91. The van der Waals surface area contributed by atoms with Gasteiger partial charge in [0.25, 0.3) is 0 Å². The van der Waals surface area contributed by atoms with Gasteiger partial charge in [0.1, 0.15) is 5.75 Å². The van der Waals surface area contributed by atoms with E-state index in [1.807, 2.05) is 0 Å². The molecule has 1 fully saturated rings. The lowest BCUT2D eigenvalue weighted by Gasteiger charge is -2.17. The molecule has 2 atom stereocenters. The second-order valence-corrected chi connectivity index (χ2v) is 4.91. The average molecular weight is 261 g/mol. The van der Waals surface area contributed by atoms with Gasteiger partial charge in [-0.25, -0.2) is 0 Å². The van der Waals surface area contributed by atoms with Crippen molar-refractivity contribution < 1.29 is 15.0 Å².